The number of anilines is 1. The molecule has 0 bridgehead atoms. The zero-order valence-corrected chi connectivity index (χ0v) is 7.08. The first kappa shape index (κ1) is 9.14. The molecule has 0 heterocycles. The molecule has 0 spiro atoms. The van der Waals surface area contributed by atoms with E-state index in [9.17, 15) is 4.79 Å². The number of hydrogen-bond donors (Lipinski definition) is 2. The monoisotopic (exact) mass is 174 g/mol. The topological polar surface area (TPSA) is 69.1 Å². The molecule has 1 aromatic rings. The van der Waals surface area contributed by atoms with Crippen molar-refractivity contribution in [1.82, 2.24) is 0 Å². The molecule has 0 aliphatic heterocycles. The summed E-state index contributed by atoms with van der Waals surface area (Å²) in [6, 6.07) is 5.07. The largest absolute Gasteiger partial charge is 0.398 e. The average Bonchev–Trinajstić information content (AvgIpc) is 2.08. The number of carbonyl (C=O) groups excluding carboxylic acids is 1. The molecular weight excluding hydrogens is 164 g/mol. The first-order valence-electron chi connectivity index (χ1n) is 3.77. The van der Waals surface area contributed by atoms with Gasteiger partial charge in [-0.2, -0.15) is 0 Å². The van der Waals surface area contributed by atoms with Crippen LogP contribution in [0.3, 0.4) is 0 Å². The second-order valence-electron chi connectivity index (χ2n) is 2.62. The number of hydrogen-bond acceptors (Lipinski definition) is 2. The van der Waals surface area contributed by atoms with Crippen LogP contribution in [0.15, 0.2) is 18.2 Å². The Bertz CT molecular complexity index is 377. The van der Waals surface area contributed by atoms with Gasteiger partial charge in [-0.25, -0.2) is 0 Å². The smallest absolute Gasteiger partial charge is 0.250 e. The highest BCUT2D eigenvalue weighted by Gasteiger charge is 2.07. The van der Waals surface area contributed by atoms with Crippen molar-refractivity contribution in [2.24, 2.45) is 5.73 Å². The standard InChI is InChI=1S/C10H10N2O/c1-2-4-7-5-3-6-8(9(7)11)10(12)13/h1,3,5-6H,4,11H2,(H2,12,13). The number of amides is 1. The van der Waals surface area contributed by atoms with Crippen LogP contribution in [0.1, 0.15) is 15.9 Å². The summed E-state index contributed by atoms with van der Waals surface area (Å²) in [5, 5.41) is 0. The van der Waals surface area contributed by atoms with E-state index >= 15 is 0 Å². The van der Waals surface area contributed by atoms with Crippen LogP contribution in [0.25, 0.3) is 0 Å². The van der Waals surface area contributed by atoms with Gasteiger partial charge < -0.3 is 11.5 Å². The third-order valence-corrected chi connectivity index (χ3v) is 1.75. The van der Waals surface area contributed by atoms with Crippen LogP contribution in [-0.4, -0.2) is 5.91 Å². The number of rotatable bonds is 2. The van der Waals surface area contributed by atoms with Gasteiger partial charge in [0.05, 0.1) is 5.56 Å². The van der Waals surface area contributed by atoms with Crippen molar-refractivity contribution in [2.45, 2.75) is 6.42 Å². The second-order valence-corrected chi connectivity index (χ2v) is 2.62. The van der Waals surface area contributed by atoms with Crippen molar-refractivity contribution in [2.75, 3.05) is 5.73 Å². The lowest BCUT2D eigenvalue weighted by molar-refractivity contribution is 0.100. The Kier molecular flexibility index (Phi) is 2.56. The van der Waals surface area contributed by atoms with Crippen LogP contribution in [0, 0.1) is 12.3 Å². The maximum absolute atomic E-state index is 10.9. The van der Waals surface area contributed by atoms with Gasteiger partial charge in [0.25, 0.3) is 5.91 Å². The van der Waals surface area contributed by atoms with Gasteiger partial charge in [-0.15, -0.1) is 12.3 Å². The molecule has 0 radical (unpaired) electrons. The minimum atomic E-state index is -0.531. The molecule has 0 saturated carbocycles. The van der Waals surface area contributed by atoms with Crippen molar-refractivity contribution >= 4 is 11.6 Å². The number of primary amides is 1. The summed E-state index contributed by atoms with van der Waals surface area (Å²) in [5.74, 6) is 1.93. The highest BCUT2D eigenvalue weighted by molar-refractivity contribution is 5.98. The molecule has 4 N–H and O–H groups in total. The van der Waals surface area contributed by atoms with E-state index in [1.54, 1.807) is 18.2 Å². The van der Waals surface area contributed by atoms with E-state index in [0.29, 0.717) is 17.7 Å². The lowest BCUT2D eigenvalue weighted by atomic mass is 10.0. The van der Waals surface area contributed by atoms with Crippen molar-refractivity contribution in [3.63, 3.8) is 0 Å². The van der Waals surface area contributed by atoms with Gasteiger partial charge in [-0.1, -0.05) is 12.1 Å². The summed E-state index contributed by atoms with van der Waals surface area (Å²) < 4.78 is 0. The highest BCUT2D eigenvalue weighted by Crippen LogP contribution is 2.17. The van der Waals surface area contributed by atoms with E-state index in [2.05, 4.69) is 5.92 Å². The number of nitrogens with two attached hydrogens (primary N) is 2. The molecule has 1 amide bonds. The first-order chi connectivity index (χ1) is 6.16. The highest BCUT2D eigenvalue weighted by atomic mass is 16.1. The molecular formula is C10H10N2O. The molecule has 0 unspecified atom stereocenters. The Morgan fingerprint density at radius 2 is 2.23 bits per heavy atom. The van der Waals surface area contributed by atoms with Gasteiger partial charge in [-0.05, 0) is 11.6 Å². The van der Waals surface area contributed by atoms with Crippen LogP contribution in [0.4, 0.5) is 5.69 Å². The summed E-state index contributed by atoms with van der Waals surface area (Å²) in [6.45, 7) is 0. The number of terminal acetylenes is 1. The maximum atomic E-state index is 10.9. The molecule has 0 fully saturated rings. The quantitative estimate of drug-likeness (QED) is 0.507. The fourth-order valence-electron chi connectivity index (χ4n) is 1.09. The molecule has 0 aliphatic rings. The predicted octanol–water partition coefficient (Wildman–Crippen LogP) is 0.543. The minimum Gasteiger partial charge on any atom is -0.398 e. The Hall–Kier alpha value is -1.95. The van der Waals surface area contributed by atoms with Gasteiger partial charge in [0, 0.05) is 12.1 Å². The SMILES string of the molecule is C#CCc1cccc(C(N)=O)c1N. The van der Waals surface area contributed by atoms with Gasteiger partial charge >= 0.3 is 0 Å². The summed E-state index contributed by atoms with van der Waals surface area (Å²) in [7, 11) is 0. The zero-order valence-electron chi connectivity index (χ0n) is 7.08. The van der Waals surface area contributed by atoms with E-state index in [4.69, 9.17) is 17.9 Å². The Morgan fingerprint density at radius 1 is 1.54 bits per heavy atom. The fraction of sp³-hybridized carbons (Fsp3) is 0.100. The Balaban J connectivity index is 3.20. The second kappa shape index (κ2) is 3.63. The van der Waals surface area contributed by atoms with Gasteiger partial charge in [0.1, 0.15) is 0 Å². The number of para-hydroxylation sites is 1. The molecule has 13 heavy (non-hydrogen) atoms. The summed E-state index contributed by atoms with van der Waals surface area (Å²) in [6.07, 6.45) is 5.54. The van der Waals surface area contributed by atoms with Gasteiger partial charge in [0.2, 0.25) is 0 Å². The summed E-state index contributed by atoms with van der Waals surface area (Å²) in [5.41, 5.74) is 12.3. The third kappa shape index (κ3) is 1.79. The molecule has 0 aliphatic carbocycles. The van der Waals surface area contributed by atoms with Crippen molar-refractivity contribution in [1.29, 1.82) is 0 Å². The number of benzene rings is 1. The molecule has 66 valence electrons. The molecule has 1 rings (SSSR count). The lowest BCUT2D eigenvalue weighted by Gasteiger charge is -2.05. The molecule has 0 atom stereocenters. The molecule has 1 aromatic carbocycles. The van der Waals surface area contributed by atoms with Crippen LogP contribution in [0.2, 0.25) is 0 Å². The predicted molar refractivity (Wildman–Crippen MR) is 51.9 cm³/mol. The average molecular weight is 174 g/mol. The van der Waals surface area contributed by atoms with E-state index in [-0.39, 0.29) is 0 Å². The Labute approximate surface area is 76.7 Å². The molecule has 3 nitrogen and oxygen atoms in total. The maximum Gasteiger partial charge on any atom is 0.250 e. The third-order valence-electron chi connectivity index (χ3n) is 1.75. The van der Waals surface area contributed by atoms with Crippen molar-refractivity contribution in [3.8, 4) is 12.3 Å². The normalized spacial score (nSPS) is 9.15. The minimum absolute atomic E-state index is 0.327. The van der Waals surface area contributed by atoms with Crippen molar-refractivity contribution < 1.29 is 4.79 Å². The van der Waals surface area contributed by atoms with Crippen LogP contribution >= 0.6 is 0 Å². The molecule has 0 aromatic heterocycles. The van der Waals surface area contributed by atoms with E-state index in [1.807, 2.05) is 0 Å². The van der Waals surface area contributed by atoms with E-state index in [1.165, 1.54) is 0 Å². The summed E-state index contributed by atoms with van der Waals surface area (Å²) >= 11 is 0. The van der Waals surface area contributed by atoms with Crippen LogP contribution < -0.4 is 11.5 Å². The molecule has 0 saturated heterocycles. The number of nitrogen functional groups attached to an aromatic ring is 1. The van der Waals surface area contributed by atoms with Crippen molar-refractivity contribution in [3.05, 3.63) is 29.3 Å². The van der Waals surface area contributed by atoms with Gasteiger partial charge in [-0.3, -0.25) is 4.79 Å². The zero-order chi connectivity index (χ0) is 9.84. The Morgan fingerprint density at radius 3 is 2.77 bits per heavy atom. The van der Waals surface area contributed by atoms with Gasteiger partial charge in [0.15, 0.2) is 0 Å². The van der Waals surface area contributed by atoms with Crippen LogP contribution in [0.5, 0.6) is 0 Å². The van der Waals surface area contributed by atoms with Crippen LogP contribution in [-0.2, 0) is 6.42 Å². The first-order valence-corrected chi connectivity index (χ1v) is 3.77. The number of carbonyl (C=O) groups is 1. The summed E-state index contributed by atoms with van der Waals surface area (Å²) in [4.78, 5) is 10.9. The lowest BCUT2D eigenvalue weighted by Crippen LogP contribution is -2.14. The fourth-order valence-corrected chi connectivity index (χ4v) is 1.09. The van der Waals surface area contributed by atoms with E-state index in [0.717, 1.165) is 5.56 Å². The van der Waals surface area contributed by atoms with E-state index < -0.39 is 5.91 Å². The molecule has 3 heteroatoms.